The van der Waals surface area contributed by atoms with Crippen molar-refractivity contribution in [2.45, 2.75) is 19.0 Å². The Kier molecular flexibility index (Phi) is 4.67. The van der Waals surface area contributed by atoms with E-state index in [1.807, 2.05) is 0 Å². The number of aromatic amines is 1. The lowest BCUT2D eigenvalue weighted by molar-refractivity contribution is -0.140. The Morgan fingerprint density at radius 2 is 2.22 bits per heavy atom. The summed E-state index contributed by atoms with van der Waals surface area (Å²) in [5, 5.41) is 19.5. The van der Waals surface area contributed by atoms with Crippen LogP contribution in [0.5, 0.6) is 0 Å². The average molecular weight is 255 g/mol. The number of carbonyl (C=O) groups excluding carboxylic acids is 2. The fraction of sp³-hybridized carbons (Fsp3) is 0.333. The first-order valence-corrected chi connectivity index (χ1v) is 5.02. The third-order valence-corrected chi connectivity index (χ3v) is 2.02. The molecule has 3 amide bonds. The summed E-state index contributed by atoms with van der Waals surface area (Å²) in [5.41, 5.74) is 5.60. The van der Waals surface area contributed by atoms with E-state index in [2.05, 4.69) is 20.8 Å². The number of carbonyl (C=O) groups is 3. The lowest BCUT2D eigenvalue weighted by Gasteiger charge is -2.13. The number of nitrogens with zero attached hydrogens (tertiary/aromatic N) is 1. The molecule has 0 aromatic carbocycles. The van der Waals surface area contributed by atoms with Crippen LogP contribution in [0.1, 0.15) is 12.0 Å². The van der Waals surface area contributed by atoms with Gasteiger partial charge in [0.15, 0.2) is 0 Å². The number of aliphatic carboxylic acids is 1. The maximum absolute atomic E-state index is 11.4. The number of rotatable bonds is 6. The predicted molar refractivity (Wildman–Crippen MR) is 59.2 cm³/mol. The van der Waals surface area contributed by atoms with Crippen LogP contribution < -0.4 is 16.4 Å². The molecule has 0 saturated carbocycles. The molecule has 1 rings (SSSR count). The lowest BCUT2D eigenvalue weighted by atomic mass is 10.2. The van der Waals surface area contributed by atoms with Crippen LogP contribution in [0.25, 0.3) is 0 Å². The van der Waals surface area contributed by atoms with Crippen molar-refractivity contribution in [1.82, 2.24) is 20.8 Å². The molecule has 6 N–H and O–H groups in total. The van der Waals surface area contributed by atoms with E-state index in [0.717, 1.165) is 5.56 Å². The summed E-state index contributed by atoms with van der Waals surface area (Å²) in [7, 11) is 0. The monoisotopic (exact) mass is 255 g/mol. The van der Waals surface area contributed by atoms with Crippen molar-refractivity contribution < 1.29 is 19.5 Å². The second-order valence-corrected chi connectivity index (χ2v) is 3.49. The Labute approximate surface area is 102 Å². The molecule has 1 atom stereocenters. The molecule has 9 heteroatoms. The molecule has 18 heavy (non-hydrogen) atoms. The molecule has 0 aliphatic rings. The smallest absolute Gasteiger partial charge is 0.326 e. The van der Waals surface area contributed by atoms with Gasteiger partial charge in [0.25, 0.3) is 0 Å². The highest BCUT2D eigenvalue weighted by molar-refractivity contribution is 5.87. The van der Waals surface area contributed by atoms with Crippen LogP contribution in [0, 0.1) is 0 Å². The van der Waals surface area contributed by atoms with Gasteiger partial charge in [0, 0.05) is 18.3 Å². The number of primary amides is 1. The molecule has 0 spiro atoms. The van der Waals surface area contributed by atoms with Gasteiger partial charge in [-0.1, -0.05) is 0 Å². The number of aromatic nitrogens is 2. The second kappa shape index (κ2) is 6.23. The first kappa shape index (κ1) is 13.5. The van der Waals surface area contributed by atoms with Crippen molar-refractivity contribution in [3.05, 3.63) is 18.0 Å². The number of hydrogen-bond acceptors (Lipinski definition) is 4. The lowest BCUT2D eigenvalue weighted by Crippen LogP contribution is -2.47. The normalized spacial score (nSPS) is 11.6. The van der Waals surface area contributed by atoms with E-state index in [1.165, 1.54) is 6.20 Å². The number of carboxylic acid groups (broad SMARTS) is 1. The number of urea groups is 1. The molecule has 0 aliphatic heterocycles. The van der Waals surface area contributed by atoms with Crippen molar-refractivity contribution in [3.63, 3.8) is 0 Å². The van der Waals surface area contributed by atoms with Crippen LogP contribution in [-0.4, -0.2) is 39.3 Å². The molecule has 0 bridgehead atoms. The second-order valence-electron chi connectivity index (χ2n) is 3.49. The van der Waals surface area contributed by atoms with Crippen molar-refractivity contribution in [2.75, 3.05) is 0 Å². The minimum atomic E-state index is -1.34. The SMILES string of the molecule is NC(=O)CC(NC(=O)NCc1cn[nH]c1)C(=O)O. The molecule has 98 valence electrons. The fourth-order valence-corrected chi connectivity index (χ4v) is 1.17. The van der Waals surface area contributed by atoms with Crippen molar-refractivity contribution in [2.24, 2.45) is 5.73 Å². The van der Waals surface area contributed by atoms with E-state index in [-0.39, 0.29) is 6.54 Å². The number of nitrogens with one attached hydrogen (secondary N) is 3. The Hall–Kier alpha value is -2.58. The molecule has 1 aromatic rings. The van der Waals surface area contributed by atoms with Gasteiger partial charge in [-0.2, -0.15) is 5.10 Å². The predicted octanol–water partition coefficient (Wildman–Crippen LogP) is -1.46. The summed E-state index contributed by atoms with van der Waals surface area (Å²) in [6.07, 6.45) is 2.63. The van der Waals surface area contributed by atoms with Gasteiger partial charge in [0.1, 0.15) is 6.04 Å². The zero-order valence-corrected chi connectivity index (χ0v) is 9.34. The first-order chi connectivity index (χ1) is 8.49. The van der Waals surface area contributed by atoms with Gasteiger partial charge in [0.2, 0.25) is 5.91 Å². The number of nitrogens with two attached hydrogens (primary N) is 1. The molecular formula is C9H13N5O4. The largest absolute Gasteiger partial charge is 0.480 e. The third-order valence-electron chi connectivity index (χ3n) is 2.02. The van der Waals surface area contributed by atoms with Crippen LogP contribution in [0.15, 0.2) is 12.4 Å². The Morgan fingerprint density at radius 3 is 2.72 bits per heavy atom. The first-order valence-electron chi connectivity index (χ1n) is 5.02. The number of amides is 3. The Balaban J connectivity index is 2.41. The molecule has 0 radical (unpaired) electrons. The highest BCUT2D eigenvalue weighted by atomic mass is 16.4. The zero-order valence-electron chi connectivity index (χ0n) is 9.34. The molecule has 1 heterocycles. The standard InChI is InChI=1S/C9H13N5O4/c10-7(15)1-6(8(16)17)14-9(18)11-2-5-3-12-13-4-5/h3-4,6H,1-2H2,(H2,10,15)(H,12,13)(H,16,17)(H2,11,14,18). The highest BCUT2D eigenvalue weighted by Crippen LogP contribution is 1.94. The van der Waals surface area contributed by atoms with Gasteiger partial charge in [0.05, 0.1) is 12.6 Å². The minimum absolute atomic E-state index is 0.186. The van der Waals surface area contributed by atoms with Crippen LogP contribution in [-0.2, 0) is 16.1 Å². The summed E-state index contributed by atoms with van der Waals surface area (Å²) >= 11 is 0. The average Bonchev–Trinajstić information content (AvgIpc) is 2.77. The van der Waals surface area contributed by atoms with E-state index < -0.39 is 30.4 Å². The number of carboxylic acids is 1. The van der Waals surface area contributed by atoms with Gasteiger partial charge in [-0.25, -0.2) is 9.59 Å². The van der Waals surface area contributed by atoms with Gasteiger partial charge >= 0.3 is 12.0 Å². The van der Waals surface area contributed by atoms with E-state index in [4.69, 9.17) is 10.8 Å². The fourth-order valence-electron chi connectivity index (χ4n) is 1.17. The molecule has 1 unspecified atom stereocenters. The van der Waals surface area contributed by atoms with E-state index in [9.17, 15) is 14.4 Å². The quantitative estimate of drug-likeness (QED) is 0.420. The maximum atomic E-state index is 11.4. The van der Waals surface area contributed by atoms with Crippen LogP contribution in [0.2, 0.25) is 0 Å². The van der Waals surface area contributed by atoms with Crippen molar-refractivity contribution in [3.8, 4) is 0 Å². The summed E-state index contributed by atoms with van der Waals surface area (Å²) in [5.74, 6) is -2.13. The minimum Gasteiger partial charge on any atom is -0.480 e. The molecule has 0 aliphatic carbocycles. The van der Waals surface area contributed by atoms with Crippen molar-refractivity contribution >= 4 is 17.9 Å². The van der Waals surface area contributed by atoms with Crippen molar-refractivity contribution in [1.29, 1.82) is 0 Å². The topological polar surface area (TPSA) is 150 Å². The van der Waals surface area contributed by atoms with E-state index in [1.54, 1.807) is 6.20 Å². The summed E-state index contributed by atoms with van der Waals surface area (Å²) in [4.78, 5) is 32.7. The van der Waals surface area contributed by atoms with Gasteiger partial charge < -0.3 is 21.5 Å². The van der Waals surface area contributed by atoms with E-state index >= 15 is 0 Å². The highest BCUT2D eigenvalue weighted by Gasteiger charge is 2.21. The van der Waals surface area contributed by atoms with Gasteiger partial charge in [-0.15, -0.1) is 0 Å². The third kappa shape index (κ3) is 4.51. The molecule has 0 saturated heterocycles. The Morgan fingerprint density at radius 1 is 1.50 bits per heavy atom. The summed E-state index contributed by atoms with van der Waals surface area (Å²) in [6.45, 7) is 0.186. The molecule has 1 aromatic heterocycles. The van der Waals surface area contributed by atoms with E-state index in [0.29, 0.717) is 0 Å². The molecular weight excluding hydrogens is 242 g/mol. The molecule has 0 fully saturated rings. The zero-order chi connectivity index (χ0) is 13.5. The van der Waals surface area contributed by atoms with Gasteiger partial charge in [-0.3, -0.25) is 9.89 Å². The Bertz CT molecular complexity index is 430. The number of hydrogen-bond donors (Lipinski definition) is 5. The van der Waals surface area contributed by atoms with Crippen LogP contribution in [0.3, 0.4) is 0 Å². The maximum Gasteiger partial charge on any atom is 0.326 e. The van der Waals surface area contributed by atoms with Crippen LogP contribution >= 0.6 is 0 Å². The molecule has 9 nitrogen and oxygen atoms in total. The van der Waals surface area contributed by atoms with Crippen LogP contribution in [0.4, 0.5) is 4.79 Å². The number of H-pyrrole nitrogens is 1. The summed E-state index contributed by atoms with van der Waals surface area (Å²) < 4.78 is 0. The van der Waals surface area contributed by atoms with Gasteiger partial charge in [-0.05, 0) is 0 Å². The summed E-state index contributed by atoms with van der Waals surface area (Å²) in [6, 6.07) is -2.04.